The fraction of sp³-hybridized carbons (Fsp3) is 0.0784. The van der Waals surface area contributed by atoms with Crippen LogP contribution in [0, 0.1) is 6.92 Å². The molecule has 0 bridgehead atoms. The number of hydrogen-bond acceptors (Lipinski definition) is 0. The van der Waals surface area contributed by atoms with Crippen molar-refractivity contribution in [3.8, 4) is 67.4 Å². The van der Waals surface area contributed by atoms with Crippen molar-refractivity contribution in [3.63, 3.8) is 0 Å². The van der Waals surface area contributed by atoms with Crippen molar-refractivity contribution in [2.75, 3.05) is 0 Å². The van der Waals surface area contributed by atoms with E-state index in [2.05, 4.69) is 211 Å². The summed E-state index contributed by atoms with van der Waals surface area (Å²) in [7, 11) is 0. The number of aromatic nitrogens is 3. The zero-order valence-corrected chi connectivity index (χ0v) is 30.8. The summed E-state index contributed by atoms with van der Waals surface area (Å²) in [6, 6.07) is 57.6. The van der Waals surface area contributed by atoms with Crippen LogP contribution in [-0.2, 0) is 5.41 Å². The van der Waals surface area contributed by atoms with Crippen molar-refractivity contribution in [2.45, 2.75) is 26.2 Å². The number of aryl methyl sites for hydroxylation is 1. The average Bonchev–Trinajstić information content (AvgIpc) is 3.46. The molecule has 3 heteroatoms. The molecule has 0 spiro atoms. The van der Waals surface area contributed by atoms with Gasteiger partial charge in [0.25, 0.3) is 0 Å². The lowest BCUT2D eigenvalue weighted by atomic mass is 9.79. The molecule has 0 unspecified atom stereocenters. The van der Waals surface area contributed by atoms with E-state index in [0.717, 1.165) is 56.4 Å². The van der Waals surface area contributed by atoms with E-state index in [9.17, 15) is 0 Å². The first-order valence-corrected chi connectivity index (χ1v) is 18.7. The third-order valence-corrected chi connectivity index (χ3v) is 11.5. The Hall–Kier alpha value is -6.71. The molecule has 1 aliphatic carbocycles. The maximum atomic E-state index is 4.75. The summed E-state index contributed by atoms with van der Waals surface area (Å²) >= 11 is 0. The lowest BCUT2D eigenvalue weighted by Gasteiger charge is -2.24. The second-order valence-corrected chi connectivity index (χ2v) is 15.0. The Balaban J connectivity index is 1.33. The van der Waals surface area contributed by atoms with Gasteiger partial charge in [-0.25, -0.2) is 0 Å². The fourth-order valence-corrected chi connectivity index (χ4v) is 9.00. The number of benzene rings is 5. The molecule has 0 amide bonds. The molecular formula is C51H40N3+3. The molecule has 5 aromatic carbocycles. The summed E-state index contributed by atoms with van der Waals surface area (Å²) in [5.41, 5.74) is 19.8. The van der Waals surface area contributed by atoms with Crippen LogP contribution in [0.3, 0.4) is 0 Å². The van der Waals surface area contributed by atoms with E-state index in [-0.39, 0.29) is 5.41 Å². The van der Waals surface area contributed by atoms with Crippen LogP contribution < -0.4 is 13.7 Å². The second-order valence-electron chi connectivity index (χ2n) is 15.0. The van der Waals surface area contributed by atoms with Gasteiger partial charge >= 0.3 is 0 Å². The van der Waals surface area contributed by atoms with Gasteiger partial charge < -0.3 is 0 Å². The number of rotatable bonds is 1. The Morgan fingerprint density at radius 1 is 0.426 bits per heavy atom. The van der Waals surface area contributed by atoms with Gasteiger partial charge in [0.2, 0.25) is 34.2 Å². The van der Waals surface area contributed by atoms with E-state index in [1.54, 1.807) is 0 Å². The van der Waals surface area contributed by atoms with Gasteiger partial charge in [0.15, 0.2) is 18.6 Å². The van der Waals surface area contributed by atoms with Crippen LogP contribution in [0.2, 0.25) is 0 Å². The molecule has 0 radical (unpaired) electrons. The van der Waals surface area contributed by atoms with Gasteiger partial charge in [0.05, 0.1) is 11.1 Å². The molecule has 1 aliphatic heterocycles. The van der Waals surface area contributed by atoms with Crippen molar-refractivity contribution in [1.29, 1.82) is 0 Å². The van der Waals surface area contributed by atoms with Gasteiger partial charge in [0.1, 0.15) is 11.1 Å². The summed E-state index contributed by atoms with van der Waals surface area (Å²) in [6.45, 7) is 11.7. The first-order valence-electron chi connectivity index (χ1n) is 18.7. The topological polar surface area (TPSA) is 11.6 Å². The van der Waals surface area contributed by atoms with Gasteiger partial charge in [-0.05, 0) is 88.8 Å². The summed E-state index contributed by atoms with van der Waals surface area (Å²) in [5, 5.41) is 0. The molecule has 4 heterocycles. The van der Waals surface area contributed by atoms with E-state index in [0.29, 0.717) is 0 Å². The first kappa shape index (κ1) is 32.0. The van der Waals surface area contributed by atoms with Gasteiger partial charge in [-0.1, -0.05) is 86.6 Å². The van der Waals surface area contributed by atoms with Crippen molar-refractivity contribution in [2.24, 2.45) is 0 Å². The maximum absolute atomic E-state index is 4.75. The lowest BCUT2D eigenvalue weighted by Crippen LogP contribution is -2.38. The number of pyridine rings is 3. The van der Waals surface area contributed by atoms with Crippen molar-refractivity contribution in [1.82, 2.24) is 0 Å². The highest BCUT2D eigenvalue weighted by atomic mass is 15.0. The zero-order valence-electron chi connectivity index (χ0n) is 30.8. The van der Waals surface area contributed by atoms with Crippen LogP contribution in [0.4, 0.5) is 0 Å². The minimum atomic E-state index is -0.142. The van der Waals surface area contributed by atoms with E-state index in [4.69, 9.17) is 6.58 Å². The normalized spacial score (nSPS) is 13.3. The van der Waals surface area contributed by atoms with Crippen LogP contribution in [0.1, 0.15) is 36.1 Å². The van der Waals surface area contributed by atoms with Gasteiger partial charge in [-0.15, -0.1) is 0 Å². The molecule has 8 aromatic rings. The molecular weight excluding hydrogens is 655 g/mol. The summed E-state index contributed by atoms with van der Waals surface area (Å²) in [5.74, 6) is 0. The van der Waals surface area contributed by atoms with Crippen LogP contribution in [0.25, 0.3) is 73.1 Å². The van der Waals surface area contributed by atoms with Crippen molar-refractivity contribution in [3.05, 3.63) is 205 Å². The summed E-state index contributed by atoms with van der Waals surface area (Å²) in [6.07, 6.45) is 6.60. The zero-order chi connectivity index (χ0) is 36.6. The smallest absolute Gasteiger partial charge is 0.160 e. The van der Waals surface area contributed by atoms with Crippen LogP contribution in [-0.4, -0.2) is 0 Å². The number of fused-ring (bicyclic) bond motifs is 14. The van der Waals surface area contributed by atoms with Crippen molar-refractivity contribution >= 4 is 5.70 Å². The predicted octanol–water partition coefficient (Wildman–Crippen LogP) is 10.6. The van der Waals surface area contributed by atoms with Gasteiger partial charge in [0, 0.05) is 53.9 Å². The minimum absolute atomic E-state index is 0.142. The fourth-order valence-electron chi connectivity index (χ4n) is 9.00. The standard InChI is InChI=1S/C51H40N3/c1-34-26-27-48-43(32-34)47-25-11-13-29-52(47)35(2)37-16-5-6-18-40(37)45-24-12-14-30-53(45)46-23-10-8-19-42(46)49-33-36(28-31-54(48)49)38-20-15-21-41-39-17-7-9-22-44(39)51(3,4)50(38)41/h5-33H,2H2,1,3-4H3/q+3. The average molecular weight is 695 g/mol. The molecule has 0 fully saturated rings. The Bertz CT molecular complexity index is 2840. The maximum Gasteiger partial charge on any atom is 0.225 e. The largest absolute Gasteiger partial charge is 0.225 e. The Labute approximate surface area is 317 Å². The Kier molecular flexibility index (Phi) is 7.21. The van der Waals surface area contributed by atoms with E-state index >= 15 is 0 Å². The lowest BCUT2D eigenvalue weighted by molar-refractivity contribution is -0.591. The molecule has 0 N–H and O–H groups in total. The molecule has 3 aromatic heterocycles. The molecule has 3 nitrogen and oxygen atoms in total. The van der Waals surface area contributed by atoms with Crippen LogP contribution in [0.15, 0.2) is 183 Å². The van der Waals surface area contributed by atoms with Gasteiger partial charge in [-0.3, -0.25) is 0 Å². The Morgan fingerprint density at radius 3 is 1.83 bits per heavy atom. The van der Waals surface area contributed by atoms with Gasteiger partial charge in [-0.2, -0.15) is 13.7 Å². The SMILES string of the molecule is C=C1c2ccccc2-c2cccc[n+]2-c2ccccc2-c2cc(-c3cccc4c3C(C)(C)c3ccccc3-4)cc[n+]2-c2ccc(C)cc2-c2cccc[n+]21. The number of para-hydroxylation sites is 1. The summed E-state index contributed by atoms with van der Waals surface area (Å²) in [4.78, 5) is 0. The molecule has 54 heavy (non-hydrogen) atoms. The summed E-state index contributed by atoms with van der Waals surface area (Å²) < 4.78 is 6.97. The molecule has 0 saturated carbocycles. The molecule has 0 saturated heterocycles. The predicted molar refractivity (Wildman–Crippen MR) is 218 cm³/mol. The van der Waals surface area contributed by atoms with E-state index < -0.39 is 0 Å². The molecule has 2 aliphatic rings. The second kappa shape index (κ2) is 12.2. The third kappa shape index (κ3) is 4.78. The highest BCUT2D eigenvalue weighted by Crippen LogP contribution is 2.52. The molecule has 0 atom stereocenters. The van der Waals surface area contributed by atoms with E-state index in [1.807, 2.05) is 0 Å². The number of hydrogen-bond donors (Lipinski definition) is 0. The quantitative estimate of drug-likeness (QED) is 0.152. The third-order valence-electron chi connectivity index (χ3n) is 11.5. The Morgan fingerprint density at radius 2 is 1.02 bits per heavy atom. The highest BCUT2D eigenvalue weighted by molar-refractivity contribution is 5.89. The minimum Gasteiger partial charge on any atom is -0.160 e. The number of nitrogens with zero attached hydrogens (tertiary/aromatic N) is 3. The van der Waals surface area contributed by atoms with Crippen molar-refractivity contribution < 1.29 is 13.7 Å². The highest BCUT2D eigenvalue weighted by Gasteiger charge is 2.38. The molecule has 10 rings (SSSR count). The molecule has 256 valence electrons. The monoisotopic (exact) mass is 694 g/mol. The van der Waals surface area contributed by atoms with Crippen LogP contribution >= 0.6 is 0 Å². The first-order chi connectivity index (χ1) is 26.4. The van der Waals surface area contributed by atoms with Crippen LogP contribution in [0.5, 0.6) is 0 Å². The van der Waals surface area contributed by atoms with E-state index in [1.165, 1.54) is 38.9 Å².